The van der Waals surface area contributed by atoms with Crippen LogP contribution in [0.2, 0.25) is 0 Å². The summed E-state index contributed by atoms with van der Waals surface area (Å²) in [4.78, 5) is 8.90. The fourth-order valence-electron chi connectivity index (χ4n) is 0.882. The number of carbonyl (C=O) groups is 1. The molecule has 0 heterocycles. The lowest BCUT2D eigenvalue weighted by Gasteiger charge is -2.08. The van der Waals surface area contributed by atoms with Gasteiger partial charge in [0.2, 0.25) is 0 Å². The number of rotatable bonds is 3. The van der Waals surface area contributed by atoms with Crippen LogP contribution in [0.1, 0.15) is 0 Å². The SMILES string of the molecule is NCCNC(=S)Nc1ccccc1.O=C(O)C(F)(F)F. The summed E-state index contributed by atoms with van der Waals surface area (Å²) in [6.45, 7) is 1.27. The van der Waals surface area contributed by atoms with Gasteiger partial charge in [-0.15, -0.1) is 0 Å². The minimum absolute atomic E-state index is 0.580. The molecular weight excluding hydrogens is 295 g/mol. The van der Waals surface area contributed by atoms with Gasteiger partial charge in [-0.25, -0.2) is 4.79 Å². The number of carboxylic acids is 1. The zero-order valence-electron chi connectivity index (χ0n) is 10.3. The van der Waals surface area contributed by atoms with Crippen molar-refractivity contribution in [1.29, 1.82) is 0 Å². The summed E-state index contributed by atoms with van der Waals surface area (Å²) in [5, 5.41) is 13.8. The van der Waals surface area contributed by atoms with Gasteiger partial charge in [0.05, 0.1) is 0 Å². The van der Waals surface area contributed by atoms with Gasteiger partial charge in [-0.05, 0) is 24.4 Å². The van der Waals surface area contributed by atoms with Crippen molar-refractivity contribution in [3.63, 3.8) is 0 Å². The van der Waals surface area contributed by atoms with Gasteiger partial charge in [0.25, 0.3) is 0 Å². The first-order valence-electron chi connectivity index (χ1n) is 5.37. The summed E-state index contributed by atoms with van der Waals surface area (Å²) in [5.74, 6) is -2.76. The van der Waals surface area contributed by atoms with Crippen LogP contribution in [0.5, 0.6) is 0 Å². The summed E-state index contributed by atoms with van der Waals surface area (Å²) in [6.07, 6.45) is -5.08. The molecule has 0 atom stereocenters. The number of aliphatic carboxylic acids is 1. The molecule has 0 saturated carbocycles. The molecule has 0 saturated heterocycles. The number of anilines is 1. The fourth-order valence-corrected chi connectivity index (χ4v) is 1.10. The minimum Gasteiger partial charge on any atom is -0.475 e. The zero-order valence-corrected chi connectivity index (χ0v) is 11.1. The van der Waals surface area contributed by atoms with E-state index in [1.807, 2.05) is 30.3 Å². The van der Waals surface area contributed by atoms with E-state index in [0.29, 0.717) is 18.2 Å². The molecule has 112 valence electrons. The van der Waals surface area contributed by atoms with Crippen LogP contribution in [0.4, 0.5) is 18.9 Å². The first kappa shape index (κ1) is 18.1. The Labute approximate surface area is 119 Å². The number of hydrogen-bond donors (Lipinski definition) is 4. The van der Waals surface area contributed by atoms with Gasteiger partial charge in [-0.1, -0.05) is 18.2 Å². The van der Waals surface area contributed by atoms with Crippen molar-refractivity contribution >= 4 is 29.0 Å². The molecule has 1 rings (SSSR count). The third-order valence-electron chi connectivity index (χ3n) is 1.70. The summed E-state index contributed by atoms with van der Waals surface area (Å²) >= 11 is 5.02. The van der Waals surface area contributed by atoms with Crippen molar-refractivity contribution in [2.24, 2.45) is 5.73 Å². The Kier molecular flexibility index (Phi) is 8.25. The van der Waals surface area contributed by atoms with Crippen molar-refractivity contribution in [3.8, 4) is 0 Å². The average molecular weight is 309 g/mol. The lowest BCUT2D eigenvalue weighted by molar-refractivity contribution is -0.192. The Hall–Kier alpha value is -1.87. The number of alkyl halides is 3. The van der Waals surface area contributed by atoms with Crippen LogP contribution >= 0.6 is 12.2 Å². The molecule has 0 aliphatic heterocycles. The highest BCUT2D eigenvalue weighted by atomic mass is 32.1. The molecule has 0 amide bonds. The molecular formula is C11H14F3N3O2S. The van der Waals surface area contributed by atoms with Gasteiger partial charge in [0.1, 0.15) is 0 Å². The zero-order chi connectivity index (χ0) is 15.6. The maximum Gasteiger partial charge on any atom is 0.490 e. The maximum atomic E-state index is 10.6. The highest BCUT2D eigenvalue weighted by Gasteiger charge is 2.38. The van der Waals surface area contributed by atoms with Crippen LogP contribution < -0.4 is 16.4 Å². The summed E-state index contributed by atoms with van der Waals surface area (Å²) in [7, 11) is 0. The number of thiocarbonyl (C=S) groups is 1. The van der Waals surface area contributed by atoms with E-state index in [2.05, 4.69) is 10.6 Å². The molecule has 0 aromatic heterocycles. The first-order chi connectivity index (χ1) is 9.27. The summed E-state index contributed by atoms with van der Waals surface area (Å²) in [6, 6.07) is 9.77. The fraction of sp³-hybridized carbons (Fsp3) is 0.273. The Morgan fingerprint density at radius 1 is 1.30 bits per heavy atom. The molecule has 0 fully saturated rings. The van der Waals surface area contributed by atoms with Crippen LogP contribution in [0.3, 0.4) is 0 Å². The molecule has 1 aromatic rings. The molecule has 20 heavy (non-hydrogen) atoms. The molecule has 0 aliphatic carbocycles. The Morgan fingerprint density at radius 2 is 1.80 bits per heavy atom. The predicted octanol–water partition coefficient (Wildman–Crippen LogP) is 1.56. The highest BCUT2D eigenvalue weighted by Crippen LogP contribution is 2.13. The quantitative estimate of drug-likeness (QED) is 0.634. The first-order valence-corrected chi connectivity index (χ1v) is 5.78. The van der Waals surface area contributed by atoms with E-state index in [9.17, 15) is 13.2 Å². The van der Waals surface area contributed by atoms with Crippen LogP contribution in [0.15, 0.2) is 30.3 Å². The largest absolute Gasteiger partial charge is 0.490 e. The van der Waals surface area contributed by atoms with E-state index < -0.39 is 12.1 Å². The molecule has 1 aromatic carbocycles. The van der Waals surface area contributed by atoms with Crippen LogP contribution in [0.25, 0.3) is 0 Å². The van der Waals surface area contributed by atoms with E-state index in [1.165, 1.54) is 0 Å². The number of para-hydroxylation sites is 1. The maximum absolute atomic E-state index is 10.6. The van der Waals surface area contributed by atoms with Gasteiger partial charge in [0, 0.05) is 18.8 Å². The van der Waals surface area contributed by atoms with Gasteiger partial charge in [-0.3, -0.25) is 0 Å². The molecule has 0 radical (unpaired) electrons. The van der Waals surface area contributed by atoms with Crippen molar-refractivity contribution in [2.75, 3.05) is 18.4 Å². The van der Waals surface area contributed by atoms with Gasteiger partial charge < -0.3 is 21.5 Å². The number of nitrogens with two attached hydrogens (primary N) is 1. The smallest absolute Gasteiger partial charge is 0.475 e. The van der Waals surface area contributed by atoms with Gasteiger partial charge in [0.15, 0.2) is 5.11 Å². The predicted molar refractivity (Wildman–Crippen MR) is 73.4 cm³/mol. The molecule has 0 spiro atoms. The van der Waals surface area contributed by atoms with Crippen molar-refractivity contribution in [1.82, 2.24) is 5.32 Å². The molecule has 5 nitrogen and oxygen atoms in total. The third kappa shape index (κ3) is 9.11. The normalized spacial score (nSPS) is 10.0. The van der Waals surface area contributed by atoms with E-state index in [-0.39, 0.29) is 0 Å². The van der Waals surface area contributed by atoms with Gasteiger partial charge in [-0.2, -0.15) is 13.2 Å². The van der Waals surface area contributed by atoms with Crippen LogP contribution in [-0.4, -0.2) is 35.5 Å². The van der Waals surface area contributed by atoms with E-state index >= 15 is 0 Å². The summed E-state index contributed by atoms with van der Waals surface area (Å²) < 4.78 is 31.7. The number of halogens is 3. The monoisotopic (exact) mass is 309 g/mol. The Bertz CT molecular complexity index is 427. The molecule has 5 N–H and O–H groups in total. The second kappa shape index (κ2) is 9.10. The molecule has 0 aliphatic rings. The third-order valence-corrected chi connectivity index (χ3v) is 1.95. The van der Waals surface area contributed by atoms with E-state index in [4.69, 9.17) is 27.9 Å². The van der Waals surface area contributed by atoms with E-state index in [1.54, 1.807) is 0 Å². The Morgan fingerprint density at radius 3 is 2.20 bits per heavy atom. The van der Waals surface area contributed by atoms with E-state index in [0.717, 1.165) is 5.69 Å². The number of benzene rings is 1. The summed E-state index contributed by atoms with van der Waals surface area (Å²) in [5.41, 5.74) is 6.30. The van der Waals surface area contributed by atoms with Crippen LogP contribution in [-0.2, 0) is 4.79 Å². The number of nitrogens with one attached hydrogen (secondary N) is 2. The lowest BCUT2D eigenvalue weighted by atomic mass is 10.3. The molecule has 0 bridgehead atoms. The van der Waals surface area contributed by atoms with Crippen LogP contribution in [0, 0.1) is 0 Å². The lowest BCUT2D eigenvalue weighted by Crippen LogP contribution is -2.32. The molecule has 9 heteroatoms. The van der Waals surface area contributed by atoms with Gasteiger partial charge >= 0.3 is 12.1 Å². The second-order valence-corrected chi connectivity index (χ2v) is 3.75. The number of hydrogen-bond acceptors (Lipinski definition) is 3. The standard InChI is InChI=1S/C9H13N3S.C2HF3O2/c10-6-7-11-9(13)12-8-4-2-1-3-5-8;3-2(4,5)1(6)7/h1-5H,6-7,10H2,(H2,11,12,13);(H,6,7). The van der Waals surface area contributed by atoms with Crippen molar-refractivity contribution < 1.29 is 23.1 Å². The topological polar surface area (TPSA) is 87.4 Å². The minimum atomic E-state index is -5.08. The van der Waals surface area contributed by atoms with Crippen molar-refractivity contribution in [3.05, 3.63) is 30.3 Å². The average Bonchev–Trinajstić information content (AvgIpc) is 2.37. The Balaban J connectivity index is 0.000000441. The second-order valence-electron chi connectivity index (χ2n) is 3.34. The highest BCUT2D eigenvalue weighted by molar-refractivity contribution is 7.80. The van der Waals surface area contributed by atoms with Crippen molar-refractivity contribution in [2.45, 2.75) is 6.18 Å². The molecule has 0 unspecified atom stereocenters. The number of carboxylic acid groups (broad SMARTS) is 1.